The first kappa shape index (κ1) is 23.0. The summed E-state index contributed by atoms with van der Waals surface area (Å²) in [5.41, 5.74) is 2.31. The molecule has 0 radical (unpaired) electrons. The lowest BCUT2D eigenvalue weighted by atomic mass is 10.1. The van der Waals surface area contributed by atoms with Crippen LogP contribution in [0, 0.1) is 11.7 Å². The second-order valence-electron chi connectivity index (χ2n) is 8.52. The molecule has 0 bridgehead atoms. The topological polar surface area (TPSA) is 70.2 Å². The van der Waals surface area contributed by atoms with Crippen LogP contribution in [0.3, 0.4) is 0 Å². The molecule has 1 aliphatic rings. The second kappa shape index (κ2) is 10.2. The van der Waals surface area contributed by atoms with Crippen molar-refractivity contribution in [2.24, 2.45) is 5.92 Å². The first-order valence-corrected chi connectivity index (χ1v) is 11.4. The highest BCUT2D eigenvalue weighted by molar-refractivity contribution is 6.33. The fraction of sp³-hybridized carbons (Fsp3) is 0.320. The van der Waals surface area contributed by atoms with Crippen LogP contribution >= 0.6 is 11.6 Å². The van der Waals surface area contributed by atoms with Crippen LogP contribution in [0.5, 0.6) is 0 Å². The Labute approximate surface area is 198 Å². The third-order valence-corrected chi connectivity index (χ3v) is 6.12. The van der Waals surface area contributed by atoms with Gasteiger partial charge in [-0.05, 0) is 55.2 Å². The minimum absolute atomic E-state index is 0.0479. The van der Waals surface area contributed by atoms with Crippen LogP contribution in [0.25, 0.3) is 11.3 Å². The van der Waals surface area contributed by atoms with Crippen molar-refractivity contribution in [2.75, 3.05) is 24.7 Å². The predicted molar refractivity (Wildman–Crippen MR) is 130 cm³/mol. The Morgan fingerprint density at radius 3 is 2.76 bits per heavy atom. The maximum absolute atomic E-state index is 13.4. The molecule has 6 nitrogen and oxygen atoms in total. The molecule has 2 unspecified atom stereocenters. The highest BCUT2D eigenvalue weighted by atomic mass is 35.5. The van der Waals surface area contributed by atoms with E-state index in [1.165, 1.54) is 12.1 Å². The van der Waals surface area contributed by atoms with E-state index in [4.69, 9.17) is 11.6 Å². The van der Waals surface area contributed by atoms with Gasteiger partial charge < -0.3 is 15.5 Å². The molecular weight excluding hydrogens is 441 g/mol. The van der Waals surface area contributed by atoms with Gasteiger partial charge in [0.2, 0.25) is 5.91 Å². The van der Waals surface area contributed by atoms with Crippen molar-refractivity contribution in [3.8, 4) is 11.3 Å². The average molecular weight is 468 g/mol. The van der Waals surface area contributed by atoms with Crippen LogP contribution in [0.4, 0.5) is 16.0 Å². The van der Waals surface area contributed by atoms with Crippen molar-refractivity contribution >= 4 is 29.1 Å². The first-order valence-electron chi connectivity index (χ1n) is 11.0. The molecule has 33 heavy (non-hydrogen) atoms. The fourth-order valence-electron chi connectivity index (χ4n) is 4.15. The van der Waals surface area contributed by atoms with Crippen LogP contribution in [0.1, 0.15) is 24.8 Å². The molecule has 0 aliphatic heterocycles. The number of hydrogen-bond donors (Lipinski definition) is 2. The molecule has 2 atom stereocenters. The van der Waals surface area contributed by atoms with E-state index in [1.807, 2.05) is 30.3 Å². The third kappa shape index (κ3) is 5.79. The van der Waals surface area contributed by atoms with Crippen molar-refractivity contribution in [3.05, 3.63) is 71.1 Å². The van der Waals surface area contributed by atoms with Crippen LogP contribution in [0.2, 0.25) is 5.02 Å². The largest absolute Gasteiger partial charge is 0.367 e. The lowest BCUT2D eigenvalue weighted by molar-refractivity contribution is -0.132. The molecule has 2 heterocycles. The molecule has 1 aromatic carbocycles. The number of halogens is 2. The zero-order chi connectivity index (χ0) is 23.4. The van der Waals surface area contributed by atoms with Crippen molar-refractivity contribution in [1.82, 2.24) is 14.9 Å². The highest BCUT2D eigenvalue weighted by Gasteiger charge is 2.31. The number of benzene rings is 1. The number of carbonyl (C=O) groups is 1. The van der Waals surface area contributed by atoms with Crippen molar-refractivity contribution < 1.29 is 9.18 Å². The standard InChI is InChI=1S/C25H27ClFN5O/c1-32(2)25(33)17-9-10-19(12-17)30-24-13-20(21(26)15-29-24)22-7-4-8-23(31-22)28-14-16-5-3-6-18(27)11-16/h3-8,11,13,15,17,19H,9-10,12,14H2,1-2H3,(H,28,31)(H,29,30). The number of pyridine rings is 2. The minimum Gasteiger partial charge on any atom is -0.367 e. The van der Waals surface area contributed by atoms with Gasteiger partial charge in [0.05, 0.1) is 10.7 Å². The predicted octanol–water partition coefficient (Wildman–Crippen LogP) is 5.22. The monoisotopic (exact) mass is 467 g/mol. The lowest BCUT2D eigenvalue weighted by Gasteiger charge is -2.17. The Balaban J connectivity index is 1.45. The molecule has 2 aromatic heterocycles. The quantitative estimate of drug-likeness (QED) is 0.498. The van der Waals surface area contributed by atoms with Crippen LogP contribution in [-0.2, 0) is 11.3 Å². The van der Waals surface area contributed by atoms with E-state index in [1.54, 1.807) is 31.3 Å². The summed E-state index contributed by atoms with van der Waals surface area (Å²) in [7, 11) is 3.59. The average Bonchev–Trinajstić information content (AvgIpc) is 3.27. The van der Waals surface area contributed by atoms with Crippen molar-refractivity contribution in [2.45, 2.75) is 31.8 Å². The van der Waals surface area contributed by atoms with E-state index in [0.29, 0.717) is 28.9 Å². The summed E-state index contributed by atoms with van der Waals surface area (Å²) in [6, 6.07) is 14.2. The van der Waals surface area contributed by atoms with Crippen molar-refractivity contribution in [1.29, 1.82) is 0 Å². The zero-order valence-electron chi connectivity index (χ0n) is 18.7. The van der Waals surface area contributed by atoms with Gasteiger partial charge in [-0.25, -0.2) is 14.4 Å². The summed E-state index contributed by atoms with van der Waals surface area (Å²) < 4.78 is 13.4. The van der Waals surface area contributed by atoms with Crippen molar-refractivity contribution in [3.63, 3.8) is 0 Å². The molecule has 172 valence electrons. The van der Waals surface area contributed by atoms with Crippen LogP contribution < -0.4 is 10.6 Å². The van der Waals surface area contributed by atoms with Crippen LogP contribution in [-0.4, -0.2) is 40.9 Å². The maximum Gasteiger partial charge on any atom is 0.225 e. The van der Waals surface area contributed by atoms with Gasteiger partial charge in [-0.3, -0.25) is 4.79 Å². The SMILES string of the molecule is CN(C)C(=O)C1CCC(Nc2cc(-c3cccc(NCc4cccc(F)c4)n3)c(Cl)cn2)C1. The summed E-state index contributed by atoms with van der Waals surface area (Å²) in [6.45, 7) is 0.458. The Kier molecular flexibility index (Phi) is 7.08. The summed E-state index contributed by atoms with van der Waals surface area (Å²) >= 11 is 6.45. The van der Waals surface area contributed by atoms with Gasteiger partial charge >= 0.3 is 0 Å². The second-order valence-corrected chi connectivity index (χ2v) is 8.93. The van der Waals surface area contributed by atoms with Gasteiger partial charge in [-0.2, -0.15) is 0 Å². The van der Waals surface area contributed by atoms with E-state index >= 15 is 0 Å². The zero-order valence-corrected chi connectivity index (χ0v) is 19.4. The van der Waals surface area contributed by atoms with E-state index in [2.05, 4.69) is 20.6 Å². The molecular formula is C25H27ClFN5O. The summed E-state index contributed by atoms with van der Waals surface area (Å²) in [6.07, 6.45) is 4.19. The third-order valence-electron chi connectivity index (χ3n) is 5.82. The van der Waals surface area contributed by atoms with E-state index in [-0.39, 0.29) is 23.7 Å². The molecule has 1 amide bonds. The number of aromatic nitrogens is 2. The molecule has 0 saturated heterocycles. The number of amides is 1. The van der Waals surface area contributed by atoms with Crippen LogP contribution in [0.15, 0.2) is 54.7 Å². The Bertz CT molecular complexity index is 1140. The number of carbonyl (C=O) groups excluding carboxylic acids is 1. The molecule has 8 heteroatoms. The smallest absolute Gasteiger partial charge is 0.225 e. The Hall–Kier alpha value is -3.19. The van der Waals surface area contributed by atoms with Gasteiger partial charge in [0.25, 0.3) is 0 Å². The molecule has 4 rings (SSSR count). The molecule has 0 spiro atoms. The number of hydrogen-bond acceptors (Lipinski definition) is 5. The van der Waals surface area contributed by atoms with Gasteiger partial charge in [0.1, 0.15) is 17.5 Å². The number of rotatable bonds is 7. The molecule has 1 saturated carbocycles. The summed E-state index contributed by atoms with van der Waals surface area (Å²) in [5, 5.41) is 7.18. The fourth-order valence-corrected chi connectivity index (χ4v) is 4.35. The van der Waals surface area contributed by atoms with Gasteiger partial charge in [0, 0.05) is 44.4 Å². The van der Waals surface area contributed by atoms with Gasteiger partial charge in [-0.1, -0.05) is 29.8 Å². The van der Waals surface area contributed by atoms with Gasteiger partial charge in [-0.15, -0.1) is 0 Å². The molecule has 1 aliphatic carbocycles. The normalized spacial score (nSPS) is 17.6. The minimum atomic E-state index is -0.265. The van der Waals surface area contributed by atoms with E-state index < -0.39 is 0 Å². The maximum atomic E-state index is 13.4. The summed E-state index contributed by atoms with van der Waals surface area (Å²) in [5.74, 6) is 1.33. The molecule has 2 N–H and O–H groups in total. The first-order chi connectivity index (χ1) is 15.9. The Morgan fingerprint density at radius 1 is 1.15 bits per heavy atom. The number of nitrogens with one attached hydrogen (secondary N) is 2. The van der Waals surface area contributed by atoms with E-state index in [0.717, 1.165) is 30.4 Å². The Morgan fingerprint density at radius 2 is 1.97 bits per heavy atom. The number of nitrogens with zero attached hydrogens (tertiary/aromatic N) is 3. The lowest BCUT2D eigenvalue weighted by Crippen LogP contribution is -2.29. The number of anilines is 2. The van der Waals surface area contributed by atoms with E-state index in [9.17, 15) is 9.18 Å². The van der Waals surface area contributed by atoms with Gasteiger partial charge in [0.15, 0.2) is 0 Å². The summed E-state index contributed by atoms with van der Waals surface area (Å²) in [4.78, 5) is 23.0. The highest BCUT2D eigenvalue weighted by Crippen LogP contribution is 2.32. The molecule has 3 aromatic rings. The molecule has 1 fully saturated rings.